The lowest BCUT2D eigenvalue weighted by Gasteiger charge is -2.22. The molecule has 0 aliphatic heterocycles. The van der Waals surface area contributed by atoms with Crippen molar-refractivity contribution >= 4 is 6.09 Å². The third-order valence-electron chi connectivity index (χ3n) is 2.96. The van der Waals surface area contributed by atoms with Gasteiger partial charge in [0.2, 0.25) is 0 Å². The highest BCUT2D eigenvalue weighted by Crippen LogP contribution is 2.15. The minimum atomic E-state index is -0.491. The Morgan fingerprint density at radius 2 is 2.00 bits per heavy atom. The Hall–Kier alpha value is -1.75. The number of alkyl carbamates (subject to hydrolysis) is 1. The van der Waals surface area contributed by atoms with Crippen molar-refractivity contribution in [3.8, 4) is 5.75 Å². The number of ether oxygens (including phenoxy) is 1. The second-order valence-corrected chi connectivity index (χ2v) is 6.00. The number of amides is 1. The van der Waals surface area contributed by atoms with Gasteiger partial charge in [-0.3, -0.25) is 0 Å². The summed E-state index contributed by atoms with van der Waals surface area (Å²) in [6.07, 6.45) is 0.453. The second-order valence-electron chi connectivity index (χ2n) is 6.00. The van der Waals surface area contributed by atoms with Gasteiger partial charge in [-0.05, 0) is 33.3 Å². The van der Waals surface area contributed by atoms with Crippen LogP contribution >= 0.6 is 0 Å². The monoisotopic (exact) mass is 294 g/mol. The standard InChI is InChI=1S/C16H26N2O3/c1-5-13(11-18-15(20)21-16(2,3)4)17-10-12-8-6-7-9-14(12)19/h6-9,13,17,19H,5,10-11H2,1-4H3,(H,18,20). The number of para-hydroxylation sites is 1. The Morgan fingerprint density at radius 1 is 1.33 bits per heavy atom. The molecule has 0 saturated heterocycles. The average Bonchev–Trinajstić information content (AvgIpc) is 2.38. The lowest BCUT2D eigenvalue weighted by atomic mass is 10.1. The fraction of sp³-hybridized carbons (Fsp3) is 0.562. The van der Waals surface area contributed by atoms with Gasteiger partial charge >= 0.3 is 6.09 Å². The molecule has 1 aromatic rings. The van der Waals surface area contributed by atoms with Crippen molar-refractivity contribution in [2.45, 2.75) is 52.3 Å². The van der Waals surface area contributed by atoms with E-state index in [0.29, 0.717) is 13.1 Å². The lowest BCUT2D eigenvalue weighted by Crippen LogP contribution is -2.42. The van der Waals surface area contributed by atoms with Gasteiger partial charge in [0.25, 0.3) is 0 Å². The van der Waals surface area contributed by atoms with Crippen LogP contribution in [0.2, 0.25) is 0 Å². The summed E-state index contributed by atoms with van der Waals surface area (Å²) in [5.41, 5.74) is 0.350. The first-order chi connectivity index (χ1) is 9.81. The van der Waals surface area contributed by atoms with E-state index in [4.69, 9.17) is 4.74 Å². The smallest absolute Gasteiger partial charge is 0.407 e. The number of hydrogen-bond donors (Lipinski definition) is 3. The topological polar surface area (TPSA) is 70.6 Å². The molecule has 5 heteroatoms. The number of phenols is 1. The molecule has 3 N–H and O–H groups in total. The van der Waals surface area contributed by atoms with E-state index in [1.165, 1.54) is 0 Å². The normalized spacial score (nSPS) is 12.8. The molecule has 0 aliphatic carbocycles. The molecule has 0 aromatic heterocycles. The van der Waals surface area contributed by atoms with E-state index in [1.54, 1.807) is 12.1 Å². The number of nitrogens with one attached hydrogen (secondary N) is 2. The number of carbonyl (C=O) groups is 1. The quantitative estimate of drug-likeness (QED) is 0.754. The van der Waals surface area contributed by atoms with Gasteiger partial charge in [-0.25, -0.2) is 4.79 Å². The van der Waals surface area contributed by atoms with Crippen molar-refractivity contribution in [1.82, 2.24) is 10.6 Å². The minimum absolute atomic E-state index is 0.122. The van der Waals surface area contributed by atoms with Crippen LogP contribution in [-0.2, 0) is 11.3 Å². The molecule has 1 aromatic carbocycles. The molecule has 0 bridgehead atoms. The maximum absolute atomic E-state index is 11.6. The van der Waals surface area contributed by atoms with Gasteiger partial charge < -0.3 is 20.5 Å². The number of phenolic OH excluding ortho intramolecular Hbond substituents is 1. The van der Waals surface area contributed by atoms with Crippen molar-refractivity contribution in [1.29, 1.82) is 0 Å². The molecule has 1 rings (SSSR count). The highest BCUT2D eigenvalue weighted by atomic mass is 16.6. The van der Waals surface area contributed by atoms with Gasteiger partial charge in [0.15, 0.2) is 0 Å². The van der Waals surface area contributed by atoms with Crippen LogP contribution in [0.5, 0.6) is 5.75 Å². The van der Waals surface area contributed by atoms with Crippen LogP contribution in [0.25, 0.3) is 0 Å². The van der Waals surface area contributed by atoms with Crippen LogP contribution in [-0.4, -0.2) is 29.4 Å². The summed E-state index contributed by atoms with van der Waals surface area (Å²) < 4.78 is 5.20. The van der Waals surface area contributed by atoms with Crippen molar-refractivity contribution in [2.24, 2.45) is 0 Å². The Bertz CT molecular complexity index is 455. The number of carbonyl (C=O) groups excluding carboxylic acids is 1. The number of benzene rings is 1. The Morgan fingerprint density at radius 3 is 2.57 bits per heavy atom. The lowest BCUT2D eigenvalue weighted by molar-refractivity contribution is 0.0522. The summed E-state index contributed by atoms with van der Waals surface area (Å²) in [6.45, 7) is 8.58. The van der Waals surface area contributed by atoms with E-state index >= 15 is 0 Å². The van der Waals surface area contributed by atoms with Gasteiger partial charge in [-0.1, -0.05) is 25.1 Å². The summed E-state index contributed by atoms with van der Waals surface area (Å²) >= 11 is 0. The fourth-order valence-electron chi connectivity index (χ4n) is 1.80. The number of rotatable bonds is 6. The van der Waals surface area contributed by atoms with Crippen LogP contribution in [0.15, 0.2) is 24.3 Å². The van der Waals surface area contributed by atoms with Crippen LogP contribution in [0, 0.1) is 0 Å². The zero-order chi connectivity index (χ0) is 15.9. The summed E-state index contributed by atoms with van der Waals surface area (Å²) in [4.78, 5) is 11.6. The van der Waals surface area contributed by atoms with Crippen molar-refractivity contribution in [2.75, 3.05) is 6.54 Å². The van der Waals surface area contributed by atoms with Crippen molar-refractivity contribution in [3.05, 3.63) is 29.8 Å². The molecule has 1 atom stereocenters. The molecule has 0 spiro atoms. The first kappa shape index (κ1) is 17.3. The van der Waals surface area contributed by atoms with Gasteiger partial charge in [0, 0.05) is 24.7 Å². The molecular weight excluding hydrogens is 268 g/mol. The van der Waals surface area contributed by atoms with Crippen molar-refractivity contribution in [3.63, 3.8) is 0 Å². The molecule has 21 heavy (non-hydrogen) atoms. The van der Waals surface area contributed by atoms with Crippen LogP contribution < -0.4 is 10.6 Å². The predicted molar refractivity (Wildman–Crippen MR) is 83.3 cm³/mol. The van der Waals surface area contributed by atoms with Gasteiger partial charge in [0.1, 0.15) is 11.4 Å². The largest absolute Gasteiger partial charge is 0.508 e. The maximum atomic E-state index is 11.6. The van der Waals surface area contributed by atoms with E-state index in [0.717, 1.165) is 12.0 Å². The van der Waals surface area contributed by atoms with E-state index in [-0.39, 0.29) is 11.8 Å². The molecule has 5 nitrogen and oxygen atoms in total. The van der Waals surface area contributed by atoms with E-state index < -0.39 is 11.7 Å². The van der Waals surface area contributed by atoms with Crippen LogP contribution in [0.1, 0.15) is 39.7 Å². The zero-order valence-electron chi connectivity index (χ0n) is 13.3. The minimum Gasteiger partial charge on any atom is -0.508 e. The SMILES string of the molecule is CCC(CNC(=O)OC(C)(C)C)NCc1ccccc1O. The summed E-state index contributed by atoms with van der Waals surface area (Å²) in [5, 5.41) is 15.8. The van der Waals surface area contributed by atoms with Gasteiger partial charge in [-0.15, -0.1) is 0 Å². The molecule has 0 fully saturated rings. The molecule has 118 valence electrons. The van der Waals surface area contributed by atoms with Gasteiger partial charge in [-0.2, -0.15) is 0 Å². The Kier molecular flexibility index (Phi) is 6.49. The highest BCUT2D eigenvalue weighted by Gasteiger charge is 2.17. The molecule has 0 aliphatic rings. The third kappa shape index (κ3) is 6.99. The average molecular weight is 294 g/mol. The van der Waals surface area contributed by atoms with Crippen LogP contribution in [0.4, 0.5) is 4.79 Å². The molecule has 1 unspecified atom stereocenters. The van der Waals surface area contributed by atoms with Crippen molar-refractivity contribution < 1.29 is 14.6 Å². The first-order valence-electron chi connectivity index (χ1n) is 7.29. The van der Waals surface area contributed by atoms with E-state index in [1.807, 2.05) is 39.8 Å². The second kappa shape index (κ2) is 7.88. The number of hydrogen-bond acceptors (Lipinski definition) is 4. The predicted octanol–water partition coefficient (Wildman–Crippen LogP) is 2.79. The van der Waals surface area contributed by atoms with Crippen LogP contribution in [0.3, 0.4) is 0 Å². The third-order valence-corrected chi connectivity index (χ3v) is 2.96. The van der Waals surface area contributed by atoms with E-state index in [2.05, 4.69) is 10.6 Å². The number of aromatic hydroxyl groups is 1. The molecule has 0 radical (unpaired) electrons. The summed E-state index contributed by atoms with van der Waals surface area (Å²) in [5.74, 6) is 0.278. The summed E-state index contributed by atoms with van der Waals surface area (Å²) in [7, 11) is 0. The molecular formula is C16H26N2O3. The zero-order valence-corrected chi connectivity index (χ0v) is 13.3. The fourth-order valence-corrected chi connectivity index (χ4v) is 1.80. The molecule has 1 amide bonds. The molecule has 0 saturated carbocycles. The van der Waals surface area contributed by atoms with E-state index in [9.17, 15) is 9.90 Å². The first-order valence-corrected chi connectivity index (χ1v) is 7.29. The Balaban J connectivity index is 2.39. The maximum Gasteiger partial charge on any atom is 0.407 e. The summed E-state index contributed by atoms with van der Waals surface area (Å²) in [6, 6.07) is 7.33. The molecule has 0 heterocycles. The Labute approximate surface area is 126 Å². The highest BCUT2D eigenvalue weighted by molar-refractivity contribution is 5.67. The van der Waals surface area contributed by atoms with Gasteiger partial charge in [0.05, 0.1) is 0 Å².